The second-order valence-corrected chi connectivity index (χ2v) is 6.80. The van der Waals surface area contributed by atoms with Crippen LogP contribution in [0.3, 0.4) is 0 Å². The lowest BCUT2D eigenvalue weighted by Crippen LogP contribution is -2.28. The van der Waals surface area contributed by atoms with Gasteiger partial charge < -0.3 is 14.5 Å². The van der Waals surface area contributed by atoms with Gasteiger partial charge in [0.25, 0.3) is 5.91 Å². The molecule has 0 aliphatic rings. The van der Waals surface area contributed by atoms with Gasteiger partial charge in [-0.25, -0.2) is 4.79 Å². The van der Waals surface area contributed by atoms with Crippen molar-refractivity contribution in [1.82, 2.24) is 10.3 Å². The van der Waals surface area contributed by atoms with E-state index in [9.17, 15) is 9.59 Å². The lowest BCUT2D eigenvalue weighted by molar-refractivity contribution is -0.123. The Bertz CT molecular complexity index is 1020. The number of benzene rings is 1. The summed E-state index contributed by atoms with van der Waals surface area (Å²) in [6.45, 7) is 2.27. The van der Waals surface area contributed by atoms with Gasteiger partial charge >= 0.3 is 5.63 Å². The van der Waals surface area contributed by atoms with Gasteiger partial charge in [0, 0.05) is 36.5 Å². The number of hydrogen-bond donors (Lipinski definition) is 1. The highest BCUT2D eigenvalue weighted by molar-refractivity contribution is 6.32. The summed E-state index contributed by atoms with van der Waals surface area (Å²) in [5.41, 5.74) is 1.82. The van der Waals surface area contributed by atoms with Crippen LogP contribution in [0.15, 0.2) is 51.9 Å². The molecule has 0 radical (unpaired) electrons. The minimum atomic E-state index is -0.415. The summed E-state index contributed by atoms with van der Waals surface area (Å²) in [4.78, 5) is 27.8. The van der Waals surface area contributed by atoms with Crippen LogP contribution in [0.2, 0.25) is 5.02 Å². The van der Waals surface area contributed by atoms with E-state index >= 15 is 0 Å². The number of rotatable bonds is 8. The summed E-state index contributed by atoms with van der Waals surface area (Å²) in [5.74, 6) is 0.00939. The molecule has 3 rings (SSSR count). The Labute approximate surface area is 167 Å². The third-order valence-electron chi connectivity index (χ3n) is 4.28. The van der Waals surface area contributed by atoms with Crippen LogP contribution in [-0.4, -0.2) is 17.5 Å². The van der Waals surface area contributed by atoms with E-state index in [4.69, 9.17) is 20.8 Å². The van der Waals surface area contributed by atoms with E-state index in [0.717, 1.165) is 35.8 Å². The topological polar surface area (TPSA) is 81.4 Å². The number of unbranched alkanes of at least 4 members (excludes halogenated alkanes) is 1. The molecule has 1 N–H and O–H groups in total. The van der Waals surface area contributed by atoms with Gasteiger partial charge in [0.05, 0.1) is 5.02 Å². The van der Waals surface area contributed by atoms with E-state index in [1.807, 2.05) is 12.1 Å². The fourth-order valence-corrected chi connectivity index (χ4v) is 3.03. The molecule has 0 aliphatic carbocycles. The highest BCUT2D eigenvalue weighted by Crippen LogP contribution is 2.31. The Balaban J connectivity index is 1.70. The van der Waals surface area contributed by atoms with Crippen molar-refractivity contribution >= 4 is 28.5 Å². The maximum atomic E-state index is 12.0. The van der Waals surface area contributed by atoms with E-state index in [2.05, 4.69) is 17.2 Å². The molecule has 1 aromatic carbocycles. The van der Waals surface area contributed by atoms with Crippen LogP contribution in [0.5, 0.6) is 5.75 Å². The maximum Gasteiger partial charge on any atom is 0.336 e. The molecule has 0 saturated carbocycles. The van der Waals surface area contributed by atoms with Crippen molar-refractivity contribution in [2.75, 3.05) is 6.61 Å². The number of nitrogens with one attached hydrogen (secondary N) is 1. The van der Waals surface area contributed by atoms with Crippen molar-refractivity contribution in [3.63, 3.8) is 0 Å². The molecule has 0 atom stereocenters. The molecule has 146 valence electrons. The average Bonchev–Trinajstić information content (AvgIpc) is 2.70. The standard InChI is InChI=1S/C21H21ClN2O4/c1-2-3-4-15-9-21(26)28-18-11-19(17(22)10-16(15)18)27-13-20(25)24-12-14-5-7-23-8-6-14/h5-11H,2-4,12-13H2,1H3,(H,24,25). The third kappa shape index (κ3) is 5.10. The van der Waals surface area contributed by atoms with Crippen LogP contribution >= 0.6 is 11.6 Å². The van der Waals surface area contributed by atoms with Crippen molar-refractivity contribution in [2.24, 2.45) is 0 Å². The quantitative estimate of drug-likeness (QED) is 0.580. The highest BCUT2D eigenvalue weighted by Gasteiger charge is 2.12. The molecule has 3 aromatic rings. The molecule has 2 aromatic heterocycles. The van der Waals surface area contributed by atoms with Gasteiger partial charge in [-0.1, -0.05) is 24.9 Å². The lowest BCUT2D eigenvalue weighted by atomic mass is 10.0. The minimum Gasteiger partial charge on any atom is -0.482 e. The van der Waals surface area contributed by atoms with Gasteiger partial charge in [-0.3, -0.25) is 9.78 Å². The molecular weight excluding hydrogens is 380 g/mol. The Morgan fingerprint density at radius 2 is 2.04 bits per heavy atom. The highest BCUT2D eigenvalue weighted by atomic mass is 35.5. The zero-order chi connectivity index (χ0) is 19.9. The van der Waals surface area contributed by atoms with Crippen LogP contribution in [0.4, 0.5) is 0 Å². The summed E-state index contributed by atoms with van der Waals surface area (Å²) >= 11 is 6.32. The summed E-state index contributed by atoms with van der Waals surface area (Å²) in [5, 5.41) is 3.91. The largest absolute Gasteiger partial charge is 0.482 e. The first kappa shape index (κ1) is 19.9. The predicted molar refractivity (Wildman–Crippen MR) is 108 cm³/mol. The first-order valence-electron chi connectivity index (χ1n) is 9.11. The molecule has 0 aliphatic heterocycles. The van der Waals surface area contributed by atoms with E-state index in [1.54, 1.807) is 24.5 Å². The summed E-state index contributed by atoms with van der Waals surface area (Å²) < 4.78 is 10.8. The molecule has 28 heavy (non-hydrogen) atoms. The van der Waals surface area contributed by atoms with Gasteiger partial charge in [-0.2, -0.15) is 0 Å². The molecule has 0 bridgehead atoms. The van der Waals surface area contributed by atoms with Gasteiger partial charge in [-0.05, 0) is 42.2 Å². The first-order valence-corrected chi connectivity index (χ1v) is 9.49. The van der Waals surface area contributed by atoms with Crippen LogP contribution < -0.4 is 15.7 Å². The van der Waals surface area contributed by atoms with E-state index in [-0.39, 0.29) is 12.5 Å². The number of hydrogen-bond acceptors (Lipinski definition) is 5. The zero-order valence-corrected chi connectivity index (χ0v) is 16.3. The van der Waals surface area contributed by atoms with E-state index in [0.29, 0.717) is 22.9 Å². The number of pyridine rings is 1. The number of aromatic nitrogens is 1. The second-order valence-electron chi connectivity index (χ2n) is 6.39. The fourth-order valence-electron chi connectivity index (χ4n) is 2.81. The zero-order valence-electron chi connectivity index (χ0n) is 15.5. The third-order valence-corrected chi connectivity index (χ3v) is 4.58. The van der Waals surface area contributed by atoms with Gasteiger partial charge in [-0.15, -0.1) is 0 Å². The predicted octanol–water partition coefficient (Wildman–Crippen LogP) is 3.88. The minimum absolute atomic E-state index is 0.198. The molecule has 0 saturated heterocycles. The number of ether oxygens (including phenoxy) is 1. The normalized spacial score (nSPS) is 10.8. The van der Waals surface area contributed by atoms with Crippen LogP contribution in [0.1, 0.15) is 30.9 Å². The maximum absolute atomic E-state index is 12.0. The van der Waals surface area contributed by atoms with Gasteiger partial charge in [0.2, 0.25) is 0 Å². The van der Waals surface area contributed by atoms with Crippen molar-refractivity contribution in [3.05, 3.63) is 69.3 Å². The molecule has 6 nitrogen and oxygen atoms in total. The van der Waals surface area contributed by atoms with Crippen molar-refractivity contribution < 1.29 is 13.9 Å². The van der Waals surface area contributed by atoms with Crippen molar-refractivity contribution in [1.29, 1.82) is 0 Å². The van der Waals surface area contributed by atoms with Crippen LogP contribution in [0, 0.1) is 0 Å². The van der Waals surface area contributed by atoms with Crippen LogP contribution in [-0.2, 0) is 17.8 Å². The number of halogens is 1. The molecule has 2 heterocycles. The summed E-state index contributed by atoms with van der Waals surface area (Å²) in [6, 6.07) is 8.42. The van der Waals surface area contributed by atoms with Gasteiger partial charge in [0.1, 0.15) is 11.3 Å². The molecule has 1 amide bonds. The molecule has 7 heteroatoms. The number of carbonyl (C=O) groups is 1. The average molecular weight is 401 g/mol. The first-order chi connectivity index (χ1) is 13.6. The van der Waals surface area contributed by atoms with E-state index < -0.39 is 5.63 Å². The lowest BCUT2D eigenvalue weighted by Gasteiger charge is -2.11. The van der Waals surface area contributed by atoms with Gasteiger partial charge in [0.15, 0.2) is 6.61 Å². The Morgan fingerprint density at radius 3 is 2.79 bits per heavy atom. The van der Waals surface area contributed by atoms with Crippen molar-refractivity contribution in [2.45, 2.75) is 32.7 Å². The molecular formula is C21H21ClN2O4. The smallest absolute Gasteiger partial charge is 0.336 e. The number of fused-ring (bicyclic) bond motifs is 1. The molecule has 0 spiro atoms. The molecule has 0 fully saturated rings. The second kappa shape index (κ2) is 9.37. The number of amides is 1. The number of carbonyl (C=O) groups excluding carboxylic acids is 1. The number of aryl methyl sites for hydroxylation is 1. The summed E-state index contributed by atoms with van der Waals surface area (Å²) in [7, 11) is 0. The molecule has 0 unspecified atom stereocenters. The van der Waals surface area contributed by atoms with E-state index in [1.165, 1.54) is 6.07 Å². The Morgan fingerprint density at radius 1 is 1.25 bits per heavy atom. The monoisotopic (exact) mass is 400 g/mol. The fraction of sp³-hybridized carbons (Fsp3) is 0.286. The Kier molecular flexibility index (Phi) is 6.66. The SMILES string of the molecule is CCCCc1cc(=O)oc2cc(OCC(=O)NCc3ccncc3)c(Cl)cc12. The Hall–Kier alpha value is -2.86. The van der Waals surface area contributed by atoms with Crippen LogP contribution in [0.25, 0.3) is 11.0 Å². The number of nitrogens with zero attached hydrogens (tertiary/aromatic N) is 1. The van der Waals surface area contributed by atoms with Crippen molar-refractivity contribution in [3.8, 4) is 5.75 Å². The summed E-state index contributed by atoms with van der Waals surface area (Å²) in [6.07, 6.45) is 6.08.